The number of benzene rings is 1. The van der Waals surface area contributed by atoms with Crippen molar-refractivity contribution in [2.45, 2.75) is 19.3 Å². The molecule has 1 aromatic carbocycles. The van der Waals surface area contributed by atoms with E-state index in [1.807, 2.05) is 0 Å². The van der Waals surface area contributed by atoms with Gasteiger partial charge in [-0.3, -0.25) is 19.7 Å². The van der Waals surface area contributed by atoms with Crippen LogP contribution < -0.4 is 5.32 Å². The van der Waals surface area contributed by atoms with Crippen LogP contribution in [0, 0.1) is 5.92 Å². The first-order valence-electron chi connectivity index (χ1n) is 8.83. The minimum Gasteiger partial charge on any atom is -0.469 e. The minimum absolute atomic E-state index is 0.0378. The summed E-state index contributed by atoms with van der Waals surface area (Å²) in [6.45, 7) is 1.06. The Morgan fingerprint density at radius 1 is 1.25 bits per heavy atom. The Labute approximate surface area is 171 Å². The number of aromatic nitrogens is 1. The molecule has 0 unspecified atom stereocenters. The van der Waals surface area contributed by atoms with Crippen molar-refractivity contribution in [3.8, 4) is 0 Å². The maximum Gasteiger partial charge on any atom is 0.308 e. The number of nitrogens with zero attached hydrogens (tertiary/aromatic N) is 2. The third kappa shape index (κ3) is 5.08. The molecule has 0 radical (unpaired) electrons. The standard InChI is InChI=1S/C19H20ClN3O4S/c1-27-18(26)13-6-8-23(9-7-13)16(24)10-15-11-28-19(21-15)22-17(25)12-2-4-14(20)5-3-12/h2-5,11,13H,6-10H2,1H3,(H,21,22,25). The highest BCUT2D eigenvalue weighted by molar-refractivity contribution is 7.14. The van der Waals surface area contributed by atoms with Crippen LogP contribution in [-0.4, -0.2) is 47.9 Å². The summed E-state index contributed by atoms with van der Waals surface area (Å²) in [4.78, 5) is 42.3. The number of hydrogen-bond acceptors (Lipinski definition) is 6. The second-order valence-corrected chi connectivity index (χ2v) is 7.75. The van der Waals surface area contributed by atoms with E-state index in [0.717, 1.165) is 0 Å². The Morgan fingerprint density at radius 2 is 1.93 bits per heavy atom. The van der Waals surface area contributed by atoms with Crippen molar-refractivity contribution in [1.82, 2.24) is 9.88 Å². The number of ether oxygens (including phenoxy) is 1. The van der Waals surface area contributed by atoms with E-state index in [2.05, 4.69) is 10.3 Å². The molecule has 2 aromatic rings. The number of esters is 1. The van der Waals surface area contributed by atoms with Crippen LogP contribution in [0.4, 0.5) is 5.13 Å². The molecule has 1 aromatic heterocycles. The highest BCUT2D eigenvalue weighted by atomic mass is 35.5. The minimum atomic E-state index is -0.284. The second-order valence-electron chi connectivity index (χ2n) is 6.46. The van der Waals surface area contributed by atoms with Gasteiger partial charge in [0.2, 0.25) is 5.91 Å². The maximum absolute atomic E-state index is 12.5. The summed E-state index contributed by atoms with van der Waals surface area (Å²) in [6.07, 6.45) is 1.38. The van der Waals surface area contributed by atoms with Gasteiger partial charge in [0.15, 0.2) is 5.13 Å². The van der Waals surface area contributed by atoms with Crippen LogP contribution in [0.15, 0.2) is 29.6 Å². The number of likely N-dealkylation sites (tertiary alicyclic amines) is 1. The monoisotopic (exact) mass is 421 g/mol. The van der Waals surface area contributed by atoms with Gasteiger partial charge >= 0.3 is 5.97 Å². The Kier molecular flexibility index (Phi) is 6.64. The van der Waals surface area contributed by atoms with Crippen LogP contribution >= 0.6 is 22.9 Å². The van der Waals surface area contributed by atoms with Crippen molar-refractivity contribution >= 4 is 45.9 Å². The number of carbonyl (C=O) groups is 3. The van der Waals surface area contributed by atoms with Crippen molar-refractivity contribution in [3.05, 3.63) is 45.9 Å². The lowest BCUT2D eigenvalue weighted by molar-refractivity contribution is -0.148. The van der Waals surface area contributed by atoms with Crippen LogP contribution in [0.1, 0.15) is 28.9 Å². The first-order valence-corrected chi connectivity index (χ1v) is 10.1. The first-order chi connectivity index (χ1) is 13.5. The van der Waals surface area contributed by atoms with E-state index in [1.54, 1.807) is 34.5 Å². The number of rotatable bonds is 5. The fourth-order valence-electron chi connectivity index (χ4n) is 3.01. The van der Waals surface area contributed by atoms with Crippen molar-refractivity contribution in [2.24, 2.45) is 5.92 Å². The van der Waals surface area contributed by atoms with Crippen LogP contribution in [0.5, 0.6) is 0 Å². The Bertz CT molecular complexity index is 860. The SMILES string of the molecule is COC(=O)C1CCN(C(=O)Cc2csc(NC(=O)c3ccc(Cl)cc3)n2)CC1. The summed E-state index contributed by atoms with van der Waals surface area (Å²) in [5.74, 6) is -0.673. The quantitative estimate of drug-likeness (QED) is 0.749. The van der Waals surface area contributed by atoms with Gasteiger partial charge in [-0.25, -0.2) is 4.98 Å². The number of carbonyl (C=O) groups excluding carboxylic acids is 3. The number of thiazole rings is 1. The van der Waals surface area contributed by atoms with Crippen molar-refractivity contribution in [2.75, 3.05) is 25.5 Å². The fraction of sp³-hybridized carbons (Fsp3) is 0.368. The molecule has 148 valence electrons. The first kappa shape index (κ1) is 20.3. The van der Waals surface area contributed by atoms with E-state index in [4.69, 9.17) is 16.3 Å². The van der Waals surface area contributed by atoms with E-state index in [1.165, 1.54) is 18.4 Å². The third-order valence-corrected chi connectivity index (χ3v) is 5.65. The Balaban J connectivity index is 1.51. The lowest BCUT2D eigenvalue weighted by Gasteiger charge is -2.30. The number of amides is 2. The number of methoxy groups -OCH3 is 1. The Hall–Kier alpha value is -2.45. The molecule has 1 N–H and O–H groups in total. The van der Waals surface area contributed by atoms with Crippen LogP contribution in [-0.2, 0) is 20.7 Å². The maximum atomic E-state index is 12.5. The zero-order valence-corrected chi connectivity index (χ0v) is 16.9. The summed E-state index contributed by atoms with van der Waals surface area (Å²) in [5.41, 5.74) is 1.09. The number of hydrogen-bond donors (Lipinski definition) is 1. The number of piperidine rings is 1. The van der Waals surface area contributed by atoms with Crippen molar-refractivity contribution in [3.63, 3.8) is 0 Å². The van der Waals surface area contributed by atoms with Gasteiger partial charge in [-0.15, -0.1) is 11.3 Å². The molecule has 7 nitrogen and oxygen atoms in total. The fourth-order valence-corrected chi connectivity index (χ4v) is 3.85. The van der Waals surface area contributed by atoms with Crippen LogP contribution in [0.3, 0.4) is 0 Å². The predicted molar refractivity (Wildman–Crippen MR) is 107 cm³/mol. The predicted octanol–water partition coefficient (Wildman–Crippen LogP) is 3.00. The molecular formula is C19H20ClN3O4S. The molecule has 9 heteroatoms. The van der Waals surface area contributed by atoms with Gasteiger partial charge in [0.1, 0.15) is 0 Å². The molecule has 1 aliphatic rings. The number of anilines is 1. The van der Waals surface area contributed by atoms with Crippen LogP contribution in [0.25, 0.3) is 0 Å². The average Bonchev–Trinajstić information content (AvgIpc) is 3.14. The molecule has 3 rings (SSSR count). The zero-order chi connectivity index (χ0) is 20.1. The molecule has 28 heavy (non-hydrogen) atoms. The molecule has 1 saturated heterocycles. The van der Waals surface area contributed by atoms with Gasteiger partial charge in [0.05, 0.1) is 25.1 Å². The lowest BCUT2D eigenvalue weighted by atomic mass is 9.97. The molecule has 0 aliphatic carbocycles. The summed E-state index contributed by atoms with van der Waals surface area (Å²) in [5, 5.41) is 5.48. The normalized spacial score (nSPS) is 14.6. The van der Waals surface area contributed by atoms with E-state index >= 15 is 0 Å². The topological polar surface area (TPSA) is 88.6 Å². The smallest absolute Gasteiger partial charge is 0.308 e. The van der Waals surface area contributed by atoms with E-state index in [0.29, 0.717) is 47.3 Å². The summed E-state index contributed by atoms with van der Waals surface area (Å²) < 4.78 is 4.76. The number of halogens is 1. The van der Waals surface area contributed by atoms with Crippen molar-refractivity contribution in [1.29, 1.82) is 0 Å². The van der Waals surface area contributed by atoms with E-state index < -0.39 is 0 Å². The van der Waals surface area contributed by atoms with Gasteiger partial charge < -0.3 is 9.64 Å². The molecule has 0 atom stereocenters. The Morgan fingerprint density at radius 3 is 2.57 bits per heavy atom. The number of nitrogens with one attached hydrogen (secondary N) is 1. The lowest BCUT2D eigenvalue weighted by Crippen LogP contribution is -2.41. The zero-order valence-electron chi connectivity index (χ0n) is 15.3. The van der Waals surface area contributed by atoms with Gasteiger partial charge in [0, 0.05) is 29.1 Å². The summed E-state index contributed by atoms with van der Waals surface area (Å²) in [6, 6.07) is 6.55. The van der Waals surface area contributed by atoms with Gasteiger partial charge in [0.25, 0.3) is 5.91 Å². The second kappa shape index (κ2) is 9.16. The van der Waals surface area contributed by atoms with E-state index in [9.17, 15) is 14.4 Å². The highest BCUT2D eigenvalue weighted by Gasteiger charge is 2.28. The molecule has 0 bridgehead atoms. The van der Waals surface area contributed by atoms with E-state index in [-0.39, 0.29) is 30.1 Å². The molecule has 1 fully saturated rings. The highest BCUT2D eigenvalue weighted by Crippen LogP contribution is 2.21. The molecular weight excluding hydrogens is 402 g/mol. The molecule has 0 spiro atoms. The van der Waals surface area contributed by atoms with Gasteiger partial charge in [-0.2, -0.15) is 0 Å². The van der Waals surface area contributed by atoms with Crippen molar-refractivity contribution < 1.29 is 19.1 Å². The largest absolute Gasteiger partial charge is 0.469 e. The summed E-state index contributed by atoms with van der Waals surface area (Å²) in [7, 11) is 1.38. The molecule has 2 heterocycles. The molecule has 2 amide bonds. The summed E-state index contributed by atoms with van der Waals surface area (Å²) >= 11 is 7.09. The average molecular weight is 422 g/mol. The van der Waals surface area contributed by atoms with Gasteiger partial charge in [-0.1, -0.05) is 11.6 Å². The molecule has 1 aliphatic heterocycles. The van der Waals surface area contributed by atoms with Gasteiger partial charge in [-0.05, 0) is 37.1 Å². The third-order valence-electron chi connectivity index (χ3n) is 4.59. The van der Waals surface area contributed by atoms with Crippen LogP contribution in [0.2, 0.25) is 5.02 Å². The molecule has 0 saturated carbocycles.